The number of ether oxygens (including phenoxy) is 2. The van der Waals surface area contributed by atoms with Crippen LogP contribution in [0.15, 0.2) is 66.7 Å². The van der Waals surface area contributed by atoms with Gasteiger partial charge in [0.1, 0.15) is 23.4 Å². The van der Waals surface area contributed by atoms with Crippen LogP contribution in [0.3, 0.4) is 0 Å². The van der Waals surface area contributed by atoms with E-state index in [0.717, 1.165) is 17.5 Å². The standard InChI is InChI=1S/C25H27FN2O3/c1-4-17-8-10-18(11-9-17)25(19-6-5-7-20(26)14-19)27-16-24(29)28-22-13-12-21(30-2)15-23(22)31-3/h5-15,25,27H,4,16H2,1-3H3,(H,28,29)/p+1/t25-/m1/s1. The van der Waals surface area contributed by atoms with E-state index in [2.05, 4.69) is 24.4 Å². The molecular weight excluding hydrogens is 395 g/mol. The van der Waals surface area contributed by atoms with Gasteiger partial charge in [0.2, 0.25) is 0 Å². The third-order valence-corrected chi connectivity index (χ3v) is 5.18. The summed E-state index contributed by atoms with van der Waals surface area (Å²) in [7, 11) is 3.11. The number of carbonyl (C=O) groups excluding carboxylic acids is 1. The molecule has 0 heterocycles. The molecule has 0 unspecified atom stereocenters. The predicted molar refractivity (Wildman–Crippen MR) is 119 cm³/mol. The molecule has 5 nitrogen and oxygen atoms in total. The van der Waals surface area contributed by atoms with E-state index in [0.29, 0.717) is 17.2 Å². The molecule has 0 bridgehead atoms. The summed E-state index contributed by atoms with van der Waals surface area (Å²) < 4.78 is 24.4. The van der Waals surface area contributed by atoms with Crippen molar-refractivity contribution in [1.82, 2.24) is 0 Å². The highest BCUT2D eigenvalue weighted by molar-refractivity contribution is 5.93. The van der Waals surface area contributed by atoms with E-state index in [1.807, 2.05) is 23.5 Å². The molecule has 3 aromatic carbocycles. The molecule has 0 aliphatic heterocycles. The average Bonchev–Trinajstić information content (AvgIpc) is 2.80. The number of amides is 1. The Balaban J connectivity index is 1.76. The zero-order chi connectivity index (χ0) is 22.2. The molecule has 31 heavy (non-hydrogen) atoms. The molecule has 0 aliphatic rings. The summed E-state index contributed by atoms with van der Waals surface area (Å²) in [6.07, 6.45) is 0.945. The molecule has 3 N–H and O–H groups in total. The summed E-state index contributed by atoms with van der Waals surface area (Å²) in [5.74, 6) is 0.677. The Bertz CT molecular complexity index is 1020. The van der Waals surface area contributed by atoms with Crippen LogP contribution >= 0.6 is 0 Å². The molecule has 162 valence electrons. The van der Waals surface area contributed by atoms with Crippen LogP contribution < -0.4 is 20.1 Å². The Morgan fingerprint density at radius 1 is 1.00 bits per heavy atom. The van der Waals surface area contributed by atoms with Crippen molar-refractivity contribution < 1.29 is 24.0 Å². The van der Waals surface area contributed by atoms with Crippen molar-refractivity contribution in [3.8, 4) is 11.5 Å². The number of benzene rings is 3. The van der Waals surface area contributed by atoms with Crippen molar-refractivity contribution in [2.45, 2.75) is 19.4 Å². The van der Waals surface area contributed by atoms with E-state index in [4.69, 9.17) is 9.47 Å². The van der Waals surface area contributed by atoms with Crippen molar-refractivity contribution in [3.63, 3.8) is 0 Å². The van der Waals surface area contributed by atoms with Gasteiger partial charge in [0.25, 0.3) is 5.91 Å². The van der Waals surface area contributed by atoms with E-state index in [-0.39, 0.29) is 24.3 Å². The van der Waals surface area contributed by atoms with Crippen LogP contribution in [0.1, 0.15) is 29.7 Å². The minimum absolute atomic E-state index is 0.159. The van der Waals surface area contributed by atoms with Crippen molar-refractivity contribution in [2.75, 3.05) is 26.1 Å². The second kappa shape index (κ2) is 10.6. The van der Waals surface area contributed by atoms with Crippen molar-refractivity contribution in [1.29, 1.82) is 0 Å². The van der Waals surface area contributed by atoms with Gasteiger partial charge in [0, 0.05) is 17.2 Å². The quantitative estimate of drug-likeness (QED) is 0.552. The number of hydrogen-bond acceptors (Lipinski definition) is 3. The molecule has 0 saturated carbocycles. The molecule has 0 radical (unpaired) electrons. The summed E-state index contributed by atoms with van der Waals surface area (Å²) in [6, 6.07) is 19.7. The highest BCUT2D eigenvalue weighted by Crippen LogP contribution is 2.28. The summed E-state index contributed by atoms with van der Waals surface area (Å²) in [6.45, 7) is 2.26. The van der Waals surface area contributed by atoms with Gasteiger partial charge < -0.3 is 20.1 Å². The van der Waals surface area contributed by atoms with Gasteiger partial charge >= 0.3 is 0 Å². The minimum atomic E-state index is -0.298. The summed E-state index contributed by atoms with van der Waals surface area (Å²) in [4.78, 5) is 12.7. The topological polar surface area (TPSA) is 64.2 Å². The van der Waals surface area contributed by atoms with Gasteiger partial charge in [0.05, 0.1) is 19.9 Å². The molecule has 0 aromatic heterocycles. The number of nitrogens with one attached hydrogen (secondary N) is 1. The number of methoxy groups -OCH3 is 2. The number of anilines is 1. The second-order valence-corrected chi connectivity index (χ2v) is 7.18. The van der Waals surface area contributed by atoms with Crippen molar-refractivity contribution in [3.05, 3.63) is 89.2 Å². The van der Waals surface area contributed by atoms with E-state index in [9.17, 15) is 9.18 Å². The molecule has 1 atom stereocenters. The second-order valence-electron chi connectivity index (χ2n) is 7.18. The molecule has 0 fully saturated rings. The lowest BCUT2D eigenvalue weighted by molar-refractivity contribution is -0.676. The largest absolute Gasteiger partial charge is 0.497 e. The lowest BCUT2D eigenvalue weighted by Crippen LogP contribution is -2.87. The lowest BCUT2D eigenvalue weighted by atomic mass is 9.97. The number of hydrogen-bond donors (Lipinski definition) is 2. The van der Waals surface area contributed by atoms with Gasteiger partial charge in [-0.25, -0.2) is 4.39 Å². The lowest BCUT2D eigenvalue weighted by Gasteiger charge is -2.17. The Labute approximate surface area is 182 Å². The fraction of sp³-hybridized carbons (Fsp3) is 0.240. The number of nitrogens with two attached hydrogens (primary N) is 1. The fourth-order valence-electron chi connectivity index (χ4n) is 3.45. The number of carbonyl (C=O) groups is 1. The molecule has 1 amide bonds. The van der Waals surface area contributed by atoms with E-state index < -0.39 is 0 Å². The van der Waals surface area contributed by atoms with Crippen LogP contribution in [-0.2, 0) is 11.2 Å². The predicted octanol–water partition coefficient (Wildman–Crippen LogP) is 3.70. The first-order valence-electron chi connectivity index (χ1n) is 10.2. The van der Waals surface area contributed by atoms with Crippen LogP contribution in [-0.4, -0.2) is 26.7 Å². The first-order valence-corrected chi connectivity index (χ1v) is 10.2. The molecule has 0 spiro atoms. The number of halogens is 1. The van der Waals surface area contributed by atoms with Crippen molar-refractivity contribution >= 4 is 11.6 Å². The molecule has 6 heteroatoms. The van der Waals surface area contributed by atoms with Gasteiger partial charge in [-0.1, -0.05) is 43.3 Å². The monoisotopic (exact) mass is 423 g/mol. The van der Waals surface area contributed by atoms with Crippen LogP contribution in [0, 0.1) is 5.82 Å². The molecular formula is C25H28FN2O3+. The molecule has 0 aliphatic carbocycles. The van der Waals surface area contributed by atoms with Gasteiger partial charge in [-0.2, -0.15) is 0 Å². The summed E-state index contributed by atoms with van der Waals surface area (Å²) >= 11 is 0. The smallest absolute Gasteiger partial charge is 0.279 e. The highest BCUT2D eigenvalue weighted by atomic mass is 19.1. The van der Waals surface area contributed by atoms with Crippen LogP contribution in [0.25, 0.3) is 0 Å². The van der Waals surface area contributed by atoms with E-state index in [1.54, 1.807) is 31.4 Å². The summed E-state index contributed by atoms with van der Waals surface area (Å²) in [5, 5.41) is 4.78. The molecule has 3 aromatic rings. The zero-order valence-corrected chi connectivity index (χ0v) is 18.0. The molecule has 3 rings (SSSR count). The first kappa shape index (κ1) is 22.3. The van der Waals surface area contributed by atoms with Gasteiger partial charge in [-0.3, -0.25) is 4.79 Å². The minimum Gasteiger partial charge on any atom is -0.497 e. The van der Waals surface area contributed by atoms with E-state index in [1.165, 1.54) is 24.8 Å². The average molecular weight is 424 g/mol. The maximum absolute atomic E-state index is 13.9. The normalized spacial score (nSPS) is 11.6. The SMILES string of the molecule is CCc1ccc([C@@H]([NH2+]CC(=O)Nc2ccc(OC)cc2OC)c2cccc(F)c2)cc1. The maximum atomic E-state index is 13.9. The van der Waals surface area contributed by atoms with Crippen molar-refractivity contribution in [2.24, 2.45) is 0 Å². The summed E-state index contributed by atoms with van der Waals surface area (Å²) in [5.41, 5.74) is 3.61. The maximum Gasteiger partial charge on any atom is 0.279 e. The number of aryl methyl sites for hydroxylation is 1. The van der Waals surface area contributed by atoms with Gasteiger partial charge in [-0.05, 0) is 36.2 Å². The first-order chi connectivity index (χ1) is 15.0. The highest BCUT2D eigenvalue weighted by Gasteiger charge is 2.20. The Morgan fingerprint density at radius 2 is 1.77 bits per heavy atom. The van der Waals surface area contributed by atoms with E-state index >= 15 is 0 Å². The fourth-order valence-corrected chi connectivity index (χ4v) is 3.45. The number of quaternary nitrogens is 1. The van der Waals surface area contributed by atoms with Crippen LogP contribution in [0.5, 0.6) is 11.5 Å². The third kappa shape index (κ3) is 5.83. The van der Waals surface area contributed by atoms with Gasteiger partial charge in [-0.15, -0.1) is 0 Å². The third-order valence-electron chi connectivity index (χ3n) is 5.18. The van der Waals surface area contributed by atoms with Crippen LogP contribution in [0.2, 0.25) is 0 Å². The van der Waals surface area contributed by atoms with Crippen LogP contribution in [0.4, 0.5) is 10.1 Å². The van der Waals surface area contributed by atoms with Gasteiger partial charge in [0.15, 0.2) is 6.54 Å². The Hall–Kier alpha value is -3.38. The number of rotatable bonds is 9. The Kier molecular flexibility index (Phi) is 7.62. The molecule has 0 saturated heterocycles. The Morgan fingerprint density at radius 3 is 2.42 bits per heavy atom. The zero-order valence-electron chi connectivity index (χ0n) is 18.0.